The van der Waals surface area contributed by atoms with Gasteiger partial charge in [0.25, 0.3) is 0 Å². The molecule has 1 heterocycles. The summed E-state index contributed by atoms with van der Waals surface area (Å²) >= 11 is 0. The minimum absolute atomic E-state index is 0.681. The molecular weight excluding hydrogens is 246 g/mol. The van der Waals surface area contributed by atoms with E-state index in [-0.39, 0.29) is 0 Å². The molecule has 2 saturated carbocycles. The first-order valence-electron chi connectivity index (χ1n) is 8.00. The lowest BCUT2D eigenvalue weighted by Gasteiger charge is -2.08. The van der Waals surface area contributed by atoms with Crippen LogP contribution in [0, 0.1) is 0 Å². The van der Waals surface area contributed by atoms with E-state index in [9.17, 15) is 0 Å². The van der Waals surface area contributed by atoms with Gasteiger partial charge in [-0.3, -0.25) is 0 Å². The molecule has 106 valence electrons. The van der Waals surface area contributed by atoms with E-state index >= 15 is 0 Å². The summed E-state index contributed by atoms with van der Waals surface area (Å²) in [6.07, 6.45) is 8.05. The van der Waals surface area contributed by atoms with Crippen molar-refractivity contribution in [2.24, 2.45) is 7.05 Å². The van der Waals surface area contributed by atoms with Gasteiger partial charge in [0.15, 0.2) is 0 Å². The molecule has 0 aliphatic heterocycles. The summed E-state index contributed by atoms with van der Waals surface area (Å²) in [5, 5.41) is 3.58. The zero-order valence-corrected chi connectivity index (χ0v) is 12.2. The van der Waals surface area contributed by atoms with E-state index in [4.69, 9.17) is 4.98 Å². The van der Waals surface area contributed by atoms with Gasteiger partial charge in [-0.15, -0.1) is 0 Å². The standard InChI is InChI=1S/C17H23N3/c1-20-16-9-6-12(11-18-14-7-8-14)10-15(16)19-17(20)13-4-2-3-5-13/h6,9-10,13-14,18H,2-5,7-8,11H2,1H3. The normalized spacial score (nSPS) is 20.1. The molecule has 2 aliphatic carbocycles. The number of hydrogen-bond acceptors (Lipinski definition) is 2. The third-order valence-electron chi connectivity index (χ3n) is 4.87. The Morgan fingerprint density at radius 2 is 2.00 bits per heavy atom. The Balaban J connectivity index is 1.63. The van der Waals surface area contributed by atoms with Crippen molar-refractivity contribution in [2.75, 3.05) is 0 Å². The van der Waals surface area contributed by atoms with Gasteiger partial charge in [-0.05, 0) is 43.4 Å². The van der Waals surface area contributed by atoms with Gasteiger partial charge in [0, 0.05) is 25.6 Å². The molecule has 2 aromatic rings. The van der Waals surface area contributed by atoms with Crippen LogP contribution in [0.15, 0.2) is 18.2 Å². The Morgan fingerprint density at radius 3 is 2.75 bits per heavy atom. The van der Waals surface area contributed by atoms with E-state index in [1.807, 2.05) is 0 Å². The Kier molecular flexibility index (Phi) is 3.03. The number of nitrogens with zero attached hydrogens (tertiary/aromatic N) is 2. The number of hydrogen-bond donors (Lipinski definition) is 1. The summed E-state index contributed by atoms with van der Waals surface area (Å²) in [6, 6.07) is 7.52. The summed E-state index contributed by atoms with van der Waals surface area (Å²) in [5.74, 6) is 1.98. The van der Waals surface area contributed by atoms with Crippen molar-refractivity contribution >= 4 is 11.0 Å². The molecule has 0 spiro atoms. The van der Waals surface area contributed by atoms with Crippen molar-refractivity contribution in [1.29, 1.82) is 0 Å². The Bertz CT molecular complexity index is 618. The molecule has 2 fully saturated rings. The van der Waals surface area contributed by atoms with E-state index in [0.717, 1.165) is 12.6 Å². The minimum Gasteiger partial charge on any atom is -0.331 e. The Morgan fingerprint density at radius 1 is 1.20 bits per heavy atom. The smallest absolute Gasteiger partial charge is 0.112 e. The quantitative estimate of drug-likeness (QED) is 0.921. The van der Waals surface area contributed by atoms with Crippen molar-refractivity contribution in [2.45, 2.75) is 57.0 Å². The van der Waals surface area contributed by atoms with Crippen molar-refractivity contribution < 1.29 is 0 Å². The molecule has 1 N–H and O–H groups in total. The van der Waals surface area contributed by atoms with Gasteiger partial charge in [-0.25, -0.2) is 4.98 Å². The van der Waals surface area contributed by atoms with Crippen LogP contribution in [0.3, 0.4) is 0 Å². The maximum Gasteiger partial charge on any atom is 0.112 e. The fourth-order valence-corrected chi connectivity index (χ4v) is 3.47. The lowest BCUT2D eigenvalue weighted by molar-refractivity contribution is 0.639. The number of aromatic nitrogens is 2. The van der Waals surface area contributed by atoms with Crippen LogP contribution in [-0.4, -0.2) is 15.6 Å². The first-order valence-corrected chi connectivity index (χ1v) is 8.00. The van der Waals surface area contributed by atoms with Crippen LogP contribution in [-0.2, 0) is 13.6 Å². The number of imidazole rings is 1. The van der Waals surface area contributed by atoms with Crippen molar-refractivity contribution in [3.05, 3.63) is 29.6 Å². The van der Waals surface area contributed by atoms with Crippen LogP contribution in [0.25, 0.3) is 11.0 Å². The largest absolute Gasteiger partial charge is 0.331 e. The average molecular weight is 269 g/mol. The second-order valence-electron chi connectivity index (χ2n) is 6.49. The van der Waals surface area contributed by atoms with Crippen LogP contribution in [0.5, 0.6) is 0 Å². The lowest BCUT2D eigenvalue weighted by Crippen LogP contribution is -2.15. The number of rotatable bonds is 4. The van der Waals surface area contributed by atoms with Crippen LogP contribution >= 0.6 is 0 Å². The van der Waals surface area contributed by atoms with Gasteiger partial charge in [-0.2, -0.15) is 0 Å². The van der Waals surface area contributed by atoms with Crippen LogP contribution in [0.1, 0.15) is 55.8 Å². The molecule has 1 aromatic heterocycles. The van der Waals surface area contributed by atoms with E-state index in [2.05, 4.69) is 35.1 Å². The summed E-state index contributed by atoms with van der Waals surface area (Å²) in [5.41, 5.74) is 3.81. The van der Waals surface area contributed by atoms with Gasteiger partial charge in [0.1, 0.15) is 5.82 Å². The summed E-state index contributed by atoms with van der Waals surface area (Å²) < 4.78 is 2.31. The summed E-state index contributed by atoms with van der Waals surface area (Å²) in [7, 11) is 2.17. The molecule has 3 heteroatoms. The van der Waals surface area contributed by atoms with Crippen LogP contribution in [0.4, 0.5) is 0 Å². The summed E-state index contributed by atoms with van der Waals surface area (Å²) in [4.78, 5) is 4.93. The van der Waals surface area contributed by atoms with Gasteiger partial charge in [0.05, 0.1) is 11.0 Å². The third kappa shape index (κ3) is 2.24. The van der Waals surface area contributed by atoms with Crippen LogP contribution in [0.2, 0.25) is 0 Å². The molecule has 20 heavy (non-hydrogen) atoms. The molecule has 0 atom stereocenters. The minimum atomic E-state index is 0.681. The van der Waals surface area contributed by atoms with Crippen molar-refractivity contribution in [3.63, 3.8) is 0 Å². The summed E-state index contributed by atoms with van der Waals surface area (Å²) in [6.45, 7) is 0.982. The first-order chi connectivity index (χ1) is 9.81. The number of benzene rings is 1. The molecule has 4 rings (SSSR count). The predicted molar refractivity (Wildman–Crippen MR) is 81.8 cm³/mol. The Hall–Kier alpha value is -1.35. The highest BCUT2D eigenvalue weighted by Crippen LogP contribution is 2.34. The van der Waals surface area contributed by atoms with Gasteiger partial charge in [-0.1, -0.05) is 18.9 Å². The first kappa shape index (κ1) is 12.4. The molecule has 0 amide bonds. The average Bonchev–Trinajstić information content (AvgIpc) is 3.02. The fraction of sp³-hybridized carbons (Fsp3) is 0.588. The lowest BCUT2D eigenvalue weighted by atomic mass is 10.1. The second kappa shape index (κ2) is 4.88. The number of nitrogens with one attached hydrogen (secondary N) is 1. The number of aryl methyl sites for hydroxylation is 1. The number of fused-ring (bicyclic) bond motifs is 1. The molecule has 0 bridgehead atoms. The maximum atomic E-state index is 4.93. The van der Waals surface area contributed by atoms with E-state index in [1.54, 1.807) is 0 Å². The maximum absolute atomic E-state index is 4.93. The van der Waals surface area contributed by atoms with Crippen molar-refractivity contribution in [1.82, 2.24) is 14.9 Å². The van der Waals surface area contributed by atoms with Crippen molar-refractivity contribution in [3.8, 4) is 0 Å². The van der Waals surface area contributed by atoms with Gasteiger partial charge in [0.2, 0.25) is 0 Å². The van der Waals surface area contributed by atoms with Crippen LogP contribution < -0.4 is 5.32 Å². The van der Waals surface area contributed by atoms with E-state index in [1.165, 1.54) is 60.9 Å². The zero-order valence-electron chi connectivity index (χ0n) is 12.2. The molecule has 0 saturated heterocycles. The highest BCUT2D eigenvalue weighted by Gasteiger charge is 2.23. The fourth-order valence-electron chi connectivity index (χ4n) is 3.47. The molecular formula is C17H23N3. The highest BCUT2D eigenvalue weighted by molar-refractivity contribution is 5.77. The Labute approximate surface area is 120 Å². The topological polar surface area (TPSA) is 29.9 Å². The zero-order chi connectivity index (χ0) is 13.5. The molecule has 0 radical (unpaired) electrons. The third-order valence-corrected chi connectivity index (χ3v) is 4.87. The SMILES string of the molecule is Cn1c(C2CCCC2)nc2cc(CNC3CC3)ccc21. The monoisotopic (exact) mass is 269 g/mol. The van der Waals surface area contributed by atoms with E-state index < -0.39 is 0 Å². The molecule has 0 unspecified atom stereocenters. The van der Waals surface area contributed by atoms with Gasteiger partial charge >= 0.3 is 0 Å². The molecule has 3 nitrogen and oxygen atoms in total. The molecule has 1 aromatic carbocycles. The van der Waals surface area contributed by atoms with E-state index in [0.29, 0.717) is 5.92 Å². The predicted octanol–water partition coefficient (Wildman–Crippen LogP) is 3.48. The molecule has 2 aliphatic rings. The van der Waals surface area contributed by atoms with Gasteiger partial charge < -0.3 is 9.88 Å². The second-order valence-corrected chi connectivity index (χ2v) is 6.49. The highest BCUT2D eigenvalue weighted by atomic mass is 15.1.